The average Bonchev–Trinajstić information content (AvgIpc) is 3.09. The van der Waals surface area contributed by atoms with Gasteiger partial charge in [0, 0.05) is 51.0 Å². The van der Waals surface area contributed by atoms with Crippen LogP contribution in [0.25, 0.3) is 0 Å². The molecule has 1 aliphatic heterocycles. The van der Waals surface area contributed by atoms with E-state index in [0.29, 0.717) is 5.92 Å². The van der Waals surface area contributed by atoms with E-state index in [9.17, 15) is 0 Å². The van der Waals surface area contributed by atoms with Crippen molar-refractivity contribution in [1.82, 2.24) is 15.4 Å². The first-order valence-corrected chi connectivity index (χ1v) is 9.73. The van der Waals surface area contributed by atoms with Crippen LogP contribution in [0.5, 0.6) is 0 Å². The molecule has 1 saturated heterocycles. The van der Waals surface area contributed by atoms with E-state index in [2.05, 4.69) is 72.2 Å². The number of hydrogen-bond acceptors (Lipinski definition) is 5. The van der Waals surface area contributed by atoms with Crippen LogP contribution in [0.15, 0.2) is 28.8 Å². The van der Waals surface area contributed by atoms with Gasteiger partial charge in [-0.05, 0) is 31.4 Å². The Balaban J connectivity index is 1.37. The van der Waals surface area contributed by atoms with E-state index in [1.165, 1.54) is 16.8 Å². The summed E-state index contributed by atoms with van der Waals surface area (Å²) in [4.78, 5) is 5.05. The second kappa shape index (κ2) is 8.69. The number of aryl methyl sites for hydroxylation is 2. The highest BCUT2D eigenvalue weighted by Crippen LogP contribution is 2.22. The Morgan fingerprint density at radius 1 is 1.12 bits per heavy atom. The molecule has 26 heavy (non-hydrogen) atoms. The van der Waals surface area contributed by atoms with Crippen molar-refractivity contribution in [3.8, 4) is 0 Å². The Morgan fingerprint density at radius 3 is 2.54 bits per heavy atom. The van der Waals surface area contributed by atoms with Crippen molar-refractivity contribution in [1.29, 1.82) is 0 Å². The number of nitrogens with zero attached hydrogens (tertiary/aromatic N) is 3. The summed E-state index contributed by atoms with van der Waals surface area (Å²) in [7, 11) is 0. The van der Waals surface area contributed by atoms with Crippen LogP contribution in [0.1, 0.15) is 42.3 Å². The fourth-order valence-electron chi connectivity index (χ4n) is 3.51. The molecular weight excluding hydrogens is 324 g/mol. The summed E-state index contributed by atoms with van der Waals surface area (Å²) in [6, 6.07) is 8.82. The van der Waals surface area contributed by atoms with Crippen molar-refractivity contribution in [2.45, 2.75) is 40.2 Å². The molecule has 0 amide bonds. The maximum atomic E-state index is 5.37. The molecule has 5 heteroatoms. The second-order valence-electron chi connectivity index (χ2n) is 7.67. The highest BCUT2D eigenvalue weighted by atomic mass is 16.5. The van der Waals surface area contributed by atoms with Gasteiger partial charge in [0.2, 0.25) is 0 Å². The first-order chi connectivity index (χ1) is 12.5. The van der Waals surface area contributed by atoms with Crippen LogP contribution in [0.2, 0.25) is 0 Å². The lowest BCUT2D eigenvalue weighted by molar-refractivity contribution is 0.255. The molecule has 0 bridgehead atoms. The Labute approximate surface area is 157 Å². The van der Waals surface area contributed by atoms with Gasteiger partial charge in [-0.2, -0.15) is 0 Å². The first-order valence-electron chi connectivity index (χ1n) is 9.73. The van der Waals surface area contributed by atoms with Crippen LogP contribution >= 0.6 is 0 Å². The van der Waals surface area contributed by atoms with Gasteiger partial charge in [-0.15, -0.1) is 0 Å². The first kappa shape index (κ1) is 18.9. The maximum Gasteiger partial charge on any atom is 0.150 e. The van der Waals surface area contributed by atoms with E-state index >= 15 is 0 Å². The monoisotopic (exact) mass is 356 g/mol. The van der Waals surface area contributed by atoms with Crippen molar-refractivity contribution in [3.63, 3.8) is 0 Å². The lowest BCUT2D eigenvalue weighted by Crippen LogP contribution is -2.48. The summed E-state index contributed by atoms with van der Waals surface area (Å²) >= 11 is 0. The molecule has 1 N–H and O–H groups in total. The summed E-state index contributed by atoms with van der Waals surface area (Å²) in [5.74, 6) is 1.34. The number of rotatable bonds is 7. The van der Waals surface area contributed by atoms with Gasteiger partial charge in [-0.3, -0.25) is 4.90 Å². The summed E-state index contributed by atoms with van der Waals surface area (Å²) in [5, 5.41) is 7.57. The molecule has 1 aliphatic rings. The third kappa shape index (κ3) is 4.86. The molecule has 0 saturated carbocycles. The molecular formula is C21H32N4O. The Morgan fingerprint density at radius 2 is 1.88 bits per heavy atom. The van der Waals surface area contributed by atoms with Crippen LogP contribution in [0, 0.1) is 13.8 Å². The Hall–Kier alpha value is -1.85. The van der Waals surface area contributed by atoms with E-state index in [1.54, 1.807) is 0 Å². The van der Waals surface area contributed by atoms with Gasteiger partial charge < -0.3 is 14.7 Å². The summed E-state index contributed by atoms with van der Waals surface area (Å²) < 4.78 is 5.37. The predicted molar refractivity (Wildman–Crippen MR) is 107 cm³/mol. The van der Waals surface area contributed by atoms with Crippen LogP contribution < -0.4 is 10.2 Å². The lowest BCUT2D eigenvalue weighted by atomic mass is 10.1. The van der Waals surface area contributed by atoms with Crippen LogP contribution in [0.3, 0.4) is 0 Å². The standard InChI is InChI=1S/C21H32N4O/c1-16(2)20-14-19(26-23-20)15-22-7-8-24-9-11-25(12-10-24)21-6-5-17(3)13-18(21)4/h5-6,13-14,16,22H,7-12,15H2,1-4H3. The molecule has 1 aromatic carbocycles. The minimum absolute atomic E-state index is 0.418. The Bertz CT molecular complexity index is 702. The zero-order valence-corrected chi connectivity index (χ0v) is 16.6. The minimum Gasteiger partial charge on any atom is -0.369 e. The highest BCUT2D eigenvalue weighted by molar-refractivity contribution is 5.54. The second-order valence-corrected chi connectivity index (χ2v) is 7.67. The van der Waals surface area contributed by atoms with E-state index in [-0.39, 0.29) is 0 Å². The van der Waals surface area contributed by atoms with Crippen LogP contribution in [-0.2, 0) is 6.54 Å². The van der Waals surface area contributed by atoms with Crippen molar-refractivity contribution in [2.75, 3.05) is 44.2 Å². The number of piperazine rings is 1. The summed E-state index contributed by atoms with van der Waals surface area (Å²) in [6.07, 6.45) is 0. The number of aromatic nitrogens is 1. The smallest absolute Gasteiger partial charge is 0.150 e. The molecule has 0 spiro atoms. The molecule has 142 valence electrons. The molecule has 5 nitrogen and oxygen atoms in total. The molecule has 2 aromatic rings. The fraction of sp³-hybridized carbons (Fsp3) is 0.571. The van der Waals surface area contributed by atoms with Gasteiger partial charge >= 0.3 is 0 Å². The zero-order chi connectivity index (χ0) is 18.5. The SMILES string of the molecule is Cc1ccc(N2CCN(CCNCc3cc(C(C)C)no3)CC2)c(C)c1. The van der Waals surface area contributed by atoms with Crippen molar-refractivity contribution < 1.29 is 4.52 Å². The van der Waals surface area contributed by atoms with E-state index in [4.69, 9.17) is 4.52 Å². The van der Waals surface area contributed by atoms with Crippen molar-refractivity contribution in [3.05, 3.63) is 46.8 Å². The molecule has 1 aromatic heterocycles. The zero-order valence-electron chi connectivity index (χ0n) is 16.6. The van der Waals surface area contributed by atoms with E-state index in [0.717, 1.165) is 57.3 Å². The molecule has 3 rings (SSSR count). The highest BCUT2D eigenvalue weighted by Gasteiger charge is 2.18. The number of hydrogen-bond donors (Lipinski definition) is 1. The quantitative estimate of drug-likeness (QED) is 0.771. The number of anilines is 1. The molecule has 0 unspecified atom stereocenters. The molecule has 0 radical (unpaired) electrons. The van der Waals surface area contributed by atoms with Crippen molar-refractivity contribution in [2.24, 2.45) is 0 Å². The van der Waals surface area contributed by atoms with Crippen LogP contribution in [0.4, 0.5) is 5.69 Å². The van der Waals surface area contributed by atoms with E-state index in [1.807, 2.05) is 0 Å². The van der Waals surface area contributed by atoms with Gasteiger partial charge in [0.1, 0.15) is 0 Å². The Kier molecular flexibility index (Phi) is 6.33. The summed E-state index contributed by atoms with van der Waals surface area (Å²) in [6.45, 7) is 15.9. The molecule has 1 fully saturated rings. The molecule has 0 atom stereocenters. The van der Waals surface area contributed by atoms with Crippen molar-refractivity contribution >= 4 is 5.69 Å². The van der Waals surface area contributed by atoms with Crippen LogP contribution in [-0.4, -0.2) is 49.3 Å². The average molecular weight is 357 g/mol. The summed E-state index contributed by atoms with van der Waals surface area (Å²) in [5.41, 5.74) is 5.14. The number of nitrogens with one attached hydrogen (secondary N) is 1. The normalized spacial score (nSPS) is 15.8. The predicted octanol–water partition coefficient (Wildman–Crippen LogP) is 3.33. The van der Waals surface area contributed by atoms with Gasteiger partial charge in [-0.1, -0.05) is 36.7 Å². The fourth-order valence-corrected chi connectivity index (χ4v) is 3.51. The van der Waals surface area contributed by atoms with Gasteiger partial charge in [0.05, 0.1) is 12.2 Å². The third-order valence-corrected chi connectivity index (χ3v) is 5.14. The topological polar surface area (TPSA) is 44.5 Å². The maximum absolute atomic E-state index is 5.37. The molecule has 0 aliphatic carbocycles. The lowest BCUT2D eigenvalue weighted by Gasteiger charge is -2.37. The third-order valence-electron chi connectivity index (χ3n) is 5.14. The largest absolute Gasteiger partial charge is 0.369 e. The number of benzene rings is 1. The molecule has 2 heterocycles. The minimum atomic E-state index is 0.418. The van der Waals surface area contributed by atoms with E-state index < -0.39 is 0 Å². The van der Waals surface area contributed by atoms with Gasteiger partial charge in [-0.25, -0.2) is 0 Å². The van der Waals surface area contributed by atoms with Gasteiger partial charge in [0.15, 0.2) is 5.76 Å². The van der Waals surface area contributed by atoms with Gasteiger partial charge in [0.25, 0.3) is 0 Å².